The average Bonchev–Trinajstić information content (AvgIpc) is 2.48. The first kappa shape index (κ1) is 14.9. The van der Waals surface area contributed by atoms with Crippen molar-refractivity contribution >= 4 is 39.6 Å². The summed E-state index contributed by atoms with van der Waals surface area (Å²) in [5.74, 6) is 0. The van der Waals surface area contributed by atoms with E-state index >= 15 is 0 Å². The Kier molecular flexibility index (Phi) is 5.22. The summed E-state index contributed by atoms with van der Waals surface area (Å²) in [6.45, 7) is 0. The number of rotatable bonds is 5. The van der Waals surface area contributed by atoms with E-state index in [1.165, 1.54) is 12.1 Å². The summed E-state index contributed by atoms with van der Waals surface area (Å²) in [6, 6.07) is 16.0. The van der Waals surface area contributed by atoms with Gasteiger partial charge in [-0.05, 0) is 33.6 Å². The van der Waals surface area contributed by atoms with Crippen LogP contribution in [0.3, 0.4) is 0 Å². The lowest BCUT2D eigenvalue weighted by atomic mass is 10.2. The zero-order valence-electron chi connectivity index (χ0n) is 10.9. The van der Waals surface area contributed by atoms with E-state index in [1.54, 1.807) is 18.3 Å². The predicted octanol–water partition coefficient (Wildman–Crippen LogP) is 4.43. The summed E-state index contributed by atoms with van der Waals surface area (Å²) in [7, 11) is 0. The largest absolute Gasteiger partial charge is 0.278 e. The van der Waals surface area contributed by atoms with Crippen LogP contribution in [-0.2, 0) is 0 Å². The van der Waals surface area contributed by atoms with Crippen LogP contribution in [0.5, 0.6) is 0 Å². The third-order valence-electron chi connectivity index (χ3n) is 2.54. The number of hydrazone groups is 1. The van der Waals surface area contributed by atoms with Gasteiger partial charge in [-0.2, -0.15) is 5.10 Å². The Balaban J connectivity index is 2.00. The zero-order chi connectivity index (χ0) is 15.1. The van der Waals surface area contributed by atoms with E-state index in [1.807, 2.05) is 36.4 Å². The molecule has 5 nitrogen and oxygen atoms in total. The number of nitrogens with zero attached hydrogens (tertiary/aromatic N) is 2. The zero-order valence-corrected chi connectivity index (χ0v) is 12.5. The molecular formula is C15H12BrN3O2. The molecule has 1 N–H and O–H groups in total. The number of nitrogens with one attached hydrogen (secondary N) is 1. The quantitative estimate of drug-likeness (QED) is 0.495. The van der Waals surface area contributed by atoms with Gasteiger partial charge in [0.25, 0.3) is 5.69 Å². The second-order valence-corrected chi connectivity index (χ2v) is 5.03. The number of benzene rings is 2. The van der Waals surface area contributed by atoms with Crippen LogP contribution < -0.4 is 5.43 Å². The van der Waals surface area contributed by atoms with Gasteiger partial charge >= 0.3 is 0 Å². The maximum atomic E-state index is 10.7. The number of anilines is 1. The lowest BCUT2D eigenvalue weighted by Crippen LogP contribution is -1.92. The molecule has 0 radical (unpaired) electrons. The molecular weight excluding hydrogens is 334 g/mol. The molecule has 106 valence electrons. The Labute approximate surface area is 130 Å². The van der Waals surface area contributed by atoms with Gasteiger partial charge in [-0.15, -0.1) is 0 Å². The highest BCUT2D eigenvalue weighted by Gasteiger charge is 2.04. The highest BCUT2D eigenvalue weighted by atomic mass is 79.9. The molecule has 0 atom stereocenters. The molecule has 0 aliphatic carbocycles. The minimum absolute atomic E-state index is 0.0223. The predicted molar refractivity (Wildman–Crippen MR) is 88.6 cm³/mol. The molecule has 2 rings (SSSR count). The summed E-state index contributed by atoms with van der Waals surface area (Å²) >= 11 is 3.39. The normalized spacial score (nSPS) is 11.6. The van der Waals surface area contributed by atoms with Crippen LogP contribution in [0.25, 0.3) is 6.08 Å². The van der Waals surface area contributed by atoms with Gasteiger partial charge in [-0.1, -0.05) is 36.4 Å². The van der Waals surface area contributed by atoms with Crippen molar-refractivity contribution in [1.82, 2.24) is 0 Å². The van der Waals surface area contributed by atoms with Gasteiger partial charge < -0.3 is 0 Å². The Bertz CT molecular complexity index is 684. The van der Waals surface area contributed by atoms with E-state index in [-0.39, 0.29) is 5.69 Å². The van der Waals surface area contributed by atoms with E-state index in [9.17, 15) is 10.1 Å². The van der Waals surface area contributed by atoms with Crippen molar-refractivity contribution in [1.29, 1.82) is 0 Å². The number of nitro groups is 1. The molecule has 0 fully saturated rings. The van der Waals surface area contributed by atoms with E-state index < -0.39 is 4.92 Å². The van der Waals surface area contributed by atoms with Crippen molar-refractivity contribution in [2.75, 3.05) is 5.43 Å². The van der Waals surface area contributed by atoms with Crippen molar-refractivity contribution in [2.24, 2.45) is 5.10 Å². The second-order valence-electron chi connectivity index (χ2n) is 4.12. The number of nitro benzene ring substituents is 1. The SMILES string of the molecule is O=[N+]([O-])c1cccc(N/N=C/C(Br)=C/c2ccccc2)c1. The first-order chi connectivity index (χ1) is 10.1. The van der Waals surface area contributed by atoms with Gasteiger partial charge in [-0.3, -0.25) is 15.5 Å². The smallest absolute Gasteiger partial charge is 0.271 e. The molecule has 0 bridgehead atoms. The van der Waals surface area contributed by atoms with Crippen LogP contribution in [-0.4, -0.2) is 11.1 Å². The fraction of sp³-hybridized carbons (Fsp3) is 0. The van der Waals surface area contributed by atoms with Gasteiger partial charge in [0.1, 0.15) is 0 Å². The number of allylic oxidation sites excluding steroid dienone is 1. The van der Waals surface area contributed by atoms with Gasteiger partial charge in [0.2, 0.25) is 0 Å². The Morgan fingerprint density at radius 2 is 1.95 bits per heavy atom. The number of halogens is 1. The van der Waals surface area contributed by atoms with Crippen LogP contribution in [0.2, 0.25) is 0 Å². The van der Waals surface area contributed by atoms with E-state index in [0.29, 0.717) is 5.69 Å². The van der Waals surface area contributed by atoms with Crippen LogP contribution in [0, 0.1) is 10.1 Å². The molecule has 6 heteroatoms. The van der Waals surface area contributed by atoms with E-state index in [2.05, 4.69) is 26.5 Å². The highest BCUT2D eigenvalue weighted by Crippen LogP contribution is 2.17. The fourth-order valence-electron chi connectivity index (χ4n) is 1.60. The first-order valence-corrected chi connectivity index (χ1v) is 6.90. The number of hydrogen-bond acceptors (Lipinski definition) is 4. The number of non-ortho nitro benzene ring substituents is 1. The van der Waals surface area contributed by atoms with E-state index in [0.717, 1.165) is 10.0 Å². The van der Waals surface area contributed by atoms with Crippen LogP contribution >= 0.6 is 15.9 Å². The maximum absolute atomic E-state index is 10.7. The van der Waals surface area contributed by atoms with Gasteiger partial charge in [0.15, 0.2) is 0 Å². The van der Waals surface area contributed by atoms with Gasteiger partial charge in [0, 0.05) is 16.6 Å². The lowest BCUT2D eigenvalue weighted by Gasteiger charge is -1.99. The third kappa shape index (κ3) is 4.85. The van der Waals surface area contributed by atoms with Crippen LogP contribution in [0.4, 0.5) is 11.4 Å². The Hall–Kier alpha value is -2.47. The average molecular weight is 346 g/mol. The molecule has 0 aromatic heterocycles. The van der Waals surface area contributed by atoms with Gasteiger partial charge in [0.05, 0.1) is 16.8 Å². The van der Waals surface area contributed by atoms with Crippen molar-refractivity contribution in [3.05, 3.63) is 74.8 Å². The minimum Gasteiger partial charge on any atom is -0.278 e. The Morgan fingerprint density at radius 1 is 1.19 bits per heavy atom. The Morgan fingerprint density at radius 3 is 2.67 bits per heavy atom. The van der Waals surface area contributed by atoms with Gasteiger partial charge in [-0.25, -0.2) is 0 Å². The molecule has 0 heterocycles. The summed E-state index contributed by atoms with van der Waals surface area (Å²) in [5.41, 5.74) is 4.38. The monoisotopic (exact) mass is 345 g/mol. The summed E-state index contributed by atoms with van der Waals surface area (Å²) < 4.78 is 0.784. The molecule has 21 heavy (non-hydrogen) atoms. The van der Waals surface area contributed by atoms with Crippen molar-refractivity contribution in [3.8, 4) is 0 Å². The molecule has 0 aliphatic heterocycles. The van der Waals surface area contributed by atoms with Crippen molar-refractivity contribution in [2.45, 2.75) is 0 Å². The molecule has 0 aliphatic rings. The van der Waals surface area contributed by atoms with Crippen LogP contribution in [0.1, 0.15) is 5.56 Å². The van der Waals surface area contributed by atoms with Crippen molar-refractivity contribution < 1.29 is 4.92 Å². The first-order valence-electron chi connectivity index (χ1n) is 6.11. The molecule has 2 aromatic carbocycles. The minimum atomic E-state index is -0.444. The molecule has 0 saturated carbocycles. The third-order valence-corrected chi connectivity index (χ3v) is 2.98. The summed E-state index contributed by atoms with van der Waals surface area (Å²) in [4.78, 5) is 10.2. The summed E-state index contributed by atoms with van der Waals surface area (Å²) in [6.07, 6.45) is 3.50. The second kappa shape index (κ2) is 7.35. The topological polar surface area (TPSA) is 67.5 Å². The maximum Gasteiger partial charge on any atom is 0.271 e. The molecule has 0 amide bonds. The molecule has 0 spiro atoms. The standard InChI is InChI=1S/C15H12BrN3O2/c16-13(9-12-5-2-1-3-6-12)11-17-18-14-7-4-8-15(10-14)19(20)21/h1-11,18H/b13-9-,17-11+. The summed E-state index contributed by atoms with van der Waals surface area (Å²) in [5, 5.41) is 14.7. The van der Waals surface area contributed by atoms with Crippen LogP contribution in [0.15, 0.2) is 64.2 Å². The lowest BCUT2D eigenvalue weighted by molar-refractivity contribution is -0.384. The fourth-order valence-corrected chi connectivity index (χ4v) is 1.97. The molecule has 0 saturated heterocycles. The number of hydrogen-bond donors (Lipinski definition) is 1. The molecule has 0 unspecified atom stereocenters. The molecule has 2 aromatic rings. The van der Waals surface area contributed by atoms with E-state index in [4.69, 9.17) is 0 Å². The highest BCUT2D eigenvalue weighted by molar-refractivity contribution is 9.12. The van der Waals surface area contributed by atoms with Crippen molar-refractivity contribution in [3.63, 3.8) is 0 Å².